The molecule has 0 radical (unpaired) electrons. The van der Waals surface area contributed by atoms with Crippen molar-refractivity contribution in [1.29, 1.82) is 0 Å². The zero-order valence-corrected chi connectivity index (χ0v) is 14.2. The molecule has 2 aromatic rings. The Morgan fingerprint density at radius 3 is 2.52 bits per heavy atom. The molecule has 0 aliphatic carbocycles. The Labute approximate surface area is 138 Å². The quantitative estimate of drug-likeness (QED) is 0.705. The van der Waals surface area contributed by atoms with Crippen molar-refractivity contribution in [3.63, 3.8) is 0 Å². The summed E-state index contributed by atoms with van der Waals surface area (Å²) in [6.45, 7) is 3.06. The molecule has 0 saturated heterocycles. The van der Waals surface area contributed by atoms with Gasteiger partial charge in [0.15, 0.2) is 0 Å². The van der Waals surface area contributed by atoms with Crippen LogP contribution in [-0.2, 0) is 6.42 Å². The smallest absolute Gasteiger partial charge is 0.142 e. The highest BCUT2D eigenvalue weighted by Crippen LogP contribution is 2.23. The molecule has 0 amide bonds. The summed E-state index contributed by atoms with van der Waals surface area (Å²) in [6.07, 6.45) is 1.79. The van der Waals surface area contributed by atoms with Crippen LogP contribution in [0.3, 0.4) is 0 Å². The SMILES string of the molecule is CCCNC(Cc1ccc(Cl)c(F)c1)c1ccc(Br)cc1. The minimum Gasteiger partial charge on any atom is -0.310 e. The molecule has 112 valence electrons. The van der Waals surface area contributed by atoms with E-state index in [0.29, 0.717) is 0 Å². The van der Waals surface area contributed by atoms with Crippen molar-refractivity contribution in [3.05, 3.63) is 68.9 Å². The first-order valence-electron chi connectivity index (χ1n) is 7.03. The molecular formula is C17H18BrClFN. The summed E-state index contributed by atoms with van der Waals surface area (Å²) in [7, 11) is 0. The van der Waals surface area contributed by atoms with Crippen LogP contribution in [0.1, 0.15) is 30.5 Å². The summed E-state index contributed by atoms with van der Waals surface area (Å²) < 4.78 is 14.6. The molecule has 0 aliphatic heterocycles. The van der Waals surface area contributed by atoms with Crippen LogP contribution in [0.25, 0.3) is 0 Å². The van der Waals surface area contributed by atoms with Crippen LogP contribution in [0.5, 0.6) is 0 Å². The van der Waals surface area contributed by atoms with Gasteiger partial charge in [-0.05, 0) is 54.8 Å². The van der Waals surface area contributed by atoms with Crippen LogP contribution in [-0.4, -0.2) is 6.54 Å². The Morgan fingerprint density at radius 2 is 1.90 bits per heavy atom. The number of halogens is 3. The van der Waals surface area contributed by atoms with E-state index in [1.54, 1.807) is 6.07 Å². The van der Waals surface area contributed by atoms with Gasteiger partial charge in [0.2, 0.25) is 0 Å². The van der Waals surface area contributed by atoms with E-state index >= 15 is 0 Å². The molecule has 0 saturated carbocycles. The van der Waals surface area contributed by atoms with Crippen LogP contribution in [0.15, 0.2) is 46.9 Å². The van der Waals surface area contributed by atoms with Crippen LogP contribution < -0.4 is 5.32 Å². The van der Waals surface area contributed by atoms with Gasteiger partial charge in [-0.2, -0.15) is 0 Å². The molecule has 0 heterocycles. The summed E-state index contributed by atoms with van der Waals surface area (Å²) in [5.74, 6) is -0.362. The van der Waals surface area contributed by atoms with Gasteiger partial charge in [0, 0.05) is 10.5 Å². The highest BCUT2D eigenvalue weighted by atomic mass is 79.9. The van der Waals surface area contributed by atoms with E-state index in [1.165, 1.54) is 11.6 Å². The summed E-state index contributed by atoms with van der Waals surface area (Å²) in [6, 6.07) is 13.4. The lowest BCUT2D eigenvalue weighted by Gasteiger charge is -2.19. The van der Waals surface area contributed by atoms with E-state index in [9.17, 15) is 4.39 Å². The van der Waals surface area contributed by atoms with Crippen molar-refractivity contribution in [2.24, 2.45) is 0 Å². The zero-order valence-electron chi connectivity index (χ0n) is 11.9. The van der Waals surface area contributed by atoms with Crippen LogP contribution in [0.2, 0.25) is 5.02 Å². The van der Waals surface area contributed by atoms with E-state index in [4.69, 9.17) is 11.6 Å². The zero-order chi connectivity index (χ0) is 15.2. The summed E-state index contributed by atoms with van der Waals surface area (Å²) in [4.78, 5) is 0. The molecule has 0 bridgehead atoms. The first kappa shape index (κ1) is 16.5. The average Bonchev–Trinajstić information content (AvgIpc) is 2.48. The predicted molar refractivity (Wildman–Crippen MR) is 90.3 cm³/mol. The fraction of sp³-hybridized carbons (Fsp3) is 0.294. The minimum absolute atomic E-state index is 0.165. The highest BCUT2D eigenvalue weighted by molar-refractivity contribution is 9.10. The van der Waals surface area contributed by atoms with Crippen molar-refractivity contribution in [2.75, 3.05) is 6.54 Å². The standard InChI is InChI=1S/C17H18BrClFN/c1-2-9-21-17(13-4-6-14(18)7-5-13)11-12-3-8-15(19)16(20)10-12/h3-8,10,17,21H,2,9,11H2,1H3. The molecule has 0 spiro atoms. The van der Waals surface area contributed by atoms with Gasteiger partial charge in [-0.25, -0.2) is 4.39 Å². The highest BCUT2D eigenvalue weighted by Gasteiger charge is 2.12. The Morgan fingerprint density at radius 1 is 1.19 bits per heavy atom. The van der Waals surface area contributed by atoms with Crippen molar-refractivity contribution in [1.82, 2.24) is 5.32 Å². The van der Waals surface area contributed by atoms with Crippen molar-refractivity contribution >= 4 is 27.5 Å². The number of benzene rings is 2. The van der Waals surface area contributed by atoms with E-state index < -0.39 is 0 Å². The molecule has 4 heteroatoms. The van der Waals surface area contributed by atoms with Gasteiger partial charge in [0.05, 0.1) is 5.02 Å². The molecule has 1 nitrogen and oxygen atoms in total. The molecule has 0 aliphatic rings. The van der Waals surface area contributed by atoms with Gasteiger partial charge in [-0.15, -0.1) is 0 Å². The number of nitrogens with one attached hydrogen (secondary N) is 1. The third-order valence-corrected chi connectivity index (χ3v) is 4.17. The number of hydrogen-bond donors (Lipinski definition) is 1. The molecule has 1 N–H and O–H groups in total. The molecule has 2 aromatic carbocycles. The lowest BCUT2D eigenvalue weighted by molar-refractivity contribution is 0.527. The maximum absolute atomic E-state index is 13.6. The first-order valence-corrected chi connectivity index (χ1v) is 8.20. The maximum Gasteiger partial charge on any atom is 0.142 e. The monoisotopic (exact) mass is 369 g/mol. The second-order valence-corrected chi connectivity index (χ2v) is 6.33. The van der Waals surface area contributed by atoms with Crippen LogP contribution >= 0.6 is 27.5 Å². The molecular weight excluding hydrogens is 353 g/mol. The molecule has 1 atom stereocenters. The second-order valence-electron chi connectivity index (χ2n) is 5.01. The van der Waals surface area contributed by atoms with Gasteiger partial charge in [0.1, 0.15) is 5.82 Å². The lowest BCUT2D eigenvalue weighted by atomic mass is 9.98. The van der Waals surface area contributed by atoms with Crippen LogP contribution in [0.4, 0.5) is 4.39 Å². The van der Waals surface area contributed by atoms with E-state index in [-0.39, 0.29) is 16.9 Å². The Balaban J connectivity index is 2.19. The van der Waals surface area contributed by atoms with Crippen molar-refractivity contribution < 1.29 is 4.39 Å². The van der Waals surface area contributed by atoms with Crippen LogP contribution in [0, 0.1) is 5.82 Å². The van der Waals surface area contributed by atoms with E-state index in [0.717, 1.165) is 29.4 Å². The average molecular weight is 371 g/mol. The summed E-state index contributed by atoms with van der Waals surface area (Å²) >= 11 is 9.19. The summed E-state index contributed by atoms with van der Waals surface area (Å²) in [5.41, 5.74) is 2.13. The van der Waals surface area contributed by atoms with Crippen molar-refractivity contribution in [3.8, 4) is 0 Å². The van der Waals surface area contributed by atoms with Gasteiger partial charge in [-0.3, -0.25) is 0 Å². The van der Waals surface area contributed by atoms with Gasteiger partial charge in [-0.1, -0.05) is 52.7 Å². The molecule has 0 aromatic heterocycles. The molecule has 2 rings (SSSR count). The predicted octanol–water partition coefficient (Wildman–Crippen LogP) is 5.53. The van der Waals surface area contributed by atoms with Gasteiger partial charge >= 0.3 is 0 Å². The van der Waals surface area contributed by atoms with Gasteiger partial charge < -0.3 is 5.32 Å². The number of rotatable bonds is 6. The Bertz CT molecular complexity index is 586. The normalized spacial score (nSPS) is 12.4. The number of hydrogen-bond acceptors (Lipinski definition) is 1. The molecule has 1 unspecified atom stereocenters. The lowest BCUT2D eigenvalue weighted by Crippen LogP contribution is -2.24. The minimum atomic E-state index is -0.362. The third kappa shape index (κ3) is 4.80. The third-order valence-electron chi connectivity index (χ3n) is 3.34. The van der Waals surface area contributed by atoms with E-state index in [1.807, 2.05) is 18.2 Å². The molecule has 0 fully saturated rings. The van der Waals surface area contributed by atoms with Gasteiger partial charge in [0.25, 0.3) is 0 Å². The summed E-state index contributed by atoms with van der Waals surface area (Å²) in [5, 5.41) is 3.68. The largest absolute Gasteiger partial charge is 0.310 e. The fourth-order valence-corrected chi connectivity index (χ4v) is 2.61. The first-order chi connectivity index (χ1) is 10.1. The Hall–Kier alpha value is -0.900. The van der Waals surface area contributed by atoms with E-state index in [2.05, 4.69) is 40.3 Å². The fourth-order valence-electron chi connectivity index (χ4n) is 2.22. The Kier molecular flexibility index (Phi) is 6.22. The maximum atomic E-state index is 13.6. The topological polar surface area (TPSA) is 12.0 Å². The molecule has 21 heavy (non-hydrogen) atoms. The van der Waals surface area contributed by atoms with Crippen molar-refractivity contribution in [2.45, 2.75) is 25.8 Å². The second kappa shape index (κ2) is 7.92.